The Kier molecular flexibility index (Phi) is 12.2. The first-order valence-corrected chi connectivity index (χ1v) is 9.34. The maximum atomic E-state index is 12.0. The van der Waals surface area contributed by atoms with E-state index in [-0.39, 0.29) is 29.9 Å². The van der Waals surface area contributed by atoms with Crippen molar-refractivity contribution in [2.24, 2.45) is 4.99 Å². The summed E-state index contributed by atoms with van der Waals surface area (Å²) in [6, 6.07) is 17.1. The van der Waals surface area contributed by atoms with Crippen LogP contribution in [-0.2, 0) is 6.54 Å². The number of nitrogens with one attached hydrogen (secondary N) is 3. The molecule has 2 aromatic carbocycles. The van der Waals surface area contributed by atoms with Gasteiger partial charge in [-0.2, -0.15) is 0 Å². The maximum absolute atomic E-state index is 12.0. The van der Waals surface area contributed by atoms with E-state index >= 15 is 0 Å². The Morgan fingerprint density at radius 1 is 1.03 bits per heavy atom. The Bertz CT molecular complexity index is 781. The Balaban J connectivity index is 0.00000420. The summed E-state index contributed by atoms with van der Waals surface area (Å²) >= 11 is 0. The van der Waals surface area contributed by atoms with E-state index in [0.717, 1.165) is 17.7 Å². The molecule has 0 atom stereocenters. The van der Waals surface area contributed by atoms with Crippen LogP contribution in [0, 0.1) is 0 Å². The maximum Gasteiger partial charge on any atom is 0.251 e. The molecule has 2 rings (SSSR count). The van der Waals surface area contributed by atoms with E-state index in [4.69, 9.17) is 4.74 Å². The number of aliphatic imine (C=N–C) groups is 1. The number of hydrogen-bond donors (Lipinski definition) is 3. The molecule has 0 spiro atoms. The molecular formula is C22H29IN4O2. The number of carbonyl (C=O) groups excluding carboxylic acids is 1. The van der Waals surface area contributed by atoms with Crippen molar-refractivity contribution in [3.8, 4) is 5.75 Å². The third-order valence-corrected chi connectivity index (χ3v) is 3.97. The summed E-state index contributed by atoms with van der Waals surface area (Å²) in [7, 11) is 1.73. The van der Waals surface area contributed by atoms with Crippen LogP contribution in [0.25, 0.3) is 0 Å². The highest BCUT2D eigenvalue weighted by molar-refractivity contribution is 14.0. The lowest BCUT2D eigenvalue weighted by molar-refractivity contribution is 0.0953. The van der Waals surface area contributed by atoms with E-state index in [1.807, 2.05) is 42.5 Å². The van der Waals surface area contributed by atoms with Crippen LogP contribution in [0.5, 0.6) is 5.75 Å². The van der Waals surface area contributed by atoms with E-state index < -0.39 is 0 Å². The zero-order valence-corrected chi connectivity index (χ0v) is 19.0. The first-order valence-electron chi connectivity index (χ1n) is 9.34. The Morgan fingerprint density at radius 3 is 2.45 bits per heavy atom. The Hall–Kier alpha value is -2.55. The molecule has 0 unspecified atom stereocenters. The molecule has 0 radical (unpaired) electrons. The van der Waals surface area contributed by atoms with E-state index in [1.165, 1.54) is 0 Å². The fourth-order valence-electron chi connectivity index (χ4n) is 2.53. The van der Waals surface area contributed by atoms with Crippen molar-refractivity contribution in [1.29, 1.82) is 0 Å². The minimum Gasteiger partial charge on any atom is -0.489 e. The van der Waals surface area contributed by atoms with Gasteiger partial charge in [-0.1, -0.05) is 49.1 Å². The van der Waals surface area contributed by atoms with E-state index in [2.05, 4.69) is 27.5 Å². The number of ether oxygens (including phenoxy) is 1. The van der Waals surface area contributed by atoms with Crippen LogP contribution in [0.2, 0.25) is 0 Å². The first-order chi connectivity index (χ1) is 13.7. The molecule has 3 N–H and O–H groups in total. The van der Waals surface area contributed by atoms with Crippen LogP contribution in [0.3, 0.4) is 0 Å². The standard InChI is InChI=1S/C22H28N4O2.HI/c1-3-16-28-20-13-8-7-12-19(20)17-26-22(23-2)25-15-9-14-24-21(27)18-10-5-4-6-11-18;/h3-8,10-13H,1,9,14-17H2,2H3,(H,24,27)(H2,23,25,26);1H. The van der Waals surface area contributed by atoms with Crippen LogP contribution in [0.15, 0.2) is 72.2 Å². The normalized spacial score (nSPS) is 10.4. The first kappa shape index (κ1) is 24.5. The van der Waals surface area contributed by atoms with Gasteiger partial charge in [0.1, 0.15) is 12.4 Å². The average Bonchev–Trinajstić information content (AvgIpc) is 2.75. The molecule has 0 aliphatic carbocycles. The quantitative estimate of drug-likeness (QED) is 0.151. The number of guanidine groups is 1. The van der Waals surface area contributed by atoms with Crippen molar-refractivity contribution in [2.75, 3.05) is 26.7 Å². The van der Waals surface area contributed by atoms with Gasteiger partial charge in [-0.25, -0.2) is 0 Å². The highest BCUT2D eigenvalue weighted by Gasteiger charge is 2.05. The molecule has 0 heterocycles. The van der Waals surface area contributed by atoms with Gasteiger partial charge in [0.25, 0.3) is 5.91 Å². The molecule has 6 nitrogen and oxygen atoms in total. The summed E-state index contributed by atoms with van der Waals surface area (Å²) in [4.78, 5) is 16.2. The summed E-state index contributed by atoms with van der Waals surface area (Å²) in [6.45, 7) is 6.03. The van der Waals surface area contributed by atoms with Gasteiger partial charge in [-0.15, -0.1) is 24.0 Å². The molecule has 156 valence electrons. The van der Waals surface area contributed by atoms with Gasteiger partial charge in [0.05, 0.1) is 0 Å². The number of nitrogens with zero attached hydrogens (tertiary/aromatic N) is 1. The van der Waals surface area contributed by atoms with E-state index in [0.29, 0.717) is 37.8 Å². The van der Waals surface area contributed by atoms with Crippen molar-refractivity contribution in [3.05, 3.63) is 78.4 Å². The molecule has 0 aliphatic rings. The molecule has 7 heteroatoms. The summed E-state index contributed by atoms with van der Waals surface area (Å²) in [5.74, 6) is 1.47. The zero-order valence-electron chi connectivity index (χ0n) is 16.7. The molecule has 1 amide bonds. The number of amides is 1. The fraction of sp³-hybridized carbons (Fsp3) is 0.273. The van der Waals surface area contributed by atoms with E-state index in [1.54, 1.807) is 25.3 Å². The zero-order chi connectivity index (χ0) is 20.0. The second-order valence-corrected chi connectivity index (χ2v) is 6.04. The topological polar surface area (TPSA) is 74.8 Å². The Labute approximate surface area is 189 Å². The second-order valence-electron chi connectivity index (χ2n) is 6.04. The SMILES string of the molecule is C=CCOc1ccccc1CNC(=NC)NCCCNC(=O)c1ccccc1.I. The fourth-order valence-corrected chi connectivity index (χ4v) is 2.53. The monoisotopic (exact) mass is 508 g/mol. The molecular weight excluding hydrogens is 479 g/mol. The second kappa shape index (κ2) is 14.4. The van der Waals surface area contributed by atoms with Crippen LogP contribution < -0.4 is 20.7 Å². The molecule has 0 fully saturated rings. The summed E-state index contributed by atoms with van der Waals surface area (Å²) in [6.07, 6.45) is 2.51. The van der Waals surface area contributed by atoms with Crippen molar-refractivity contribution < 1.29 is 9.53 Å². The van der Waals surface area contributed by atoms with Crippen molar-refractivity contribution in [1.82, 2.24) is 16.0 Å². The van der Waals surface area contributed by atoms with Crippen LogP contribution in [0.1, 0.15) is 22.3 Å². The number of benzene rings is 2. The smallest absolute Gasteiger partial charge is 0.251 e. The molecule has 29 heavy (non-hydrogen) atoms. The third-order valence-electron chi connectivity index (χ3n) is 3.97. The molecule has 0 saturated heterocycles. The number of para-hydroxylation sites is 1. The summed E-state index contributed by atoms with van der Waals surface area (Å²) < 4.78 is 5.67. The van der Waals surface area contributed by atoms with Crippen LogP contribution >= 0.6 is 24.0 Å². The van der Waals surface area contributed by atoms with Gasteiger partial charge in [0.2, 0.25) is 0 Å². The van der Waals surface area contributed by atoms with E-state index in [9.17, 15) is 4.79 Å². The van der Waals surface area contributed by atoms with Gasteiger partial charge in [-0.05, 0) is 24.6 Å². The third kappa shape index (κ3) is 8.99. The van der Waals surface area contributed by atoms with Crippen LogP contribution in [0.4, 0.5) is 0 Å². The van der Waals surface area contributed by atoms with Crippen molar-refractivity contribution in [2.45, 2.75) is 13.0 Å². The molecule has 0 aromatic heterocycles. The lowest BCUT2D eigenvalue weighted by Crippen LogP contribution is -2.38. The summed E-state index contributed by atoms with van der Waals surface area (Å²) in [5, 5.41) is 9.43. The van der Waals surface area contributed by atoms with Gasteiger partial charge >= 0.3 is 0 Å². The predicted octanol–water partition coefficient (Wildman–Crippen LogP) is 3.35. The van der Waals surface area contributed by atoms with Crippen molar-refractivity contribution in [3.63, 3.8) is 0 Å². The average molecular weight is 508 g/mol. The lowest BCUT2D eigenvalue weighted by Gasteiger charge is -2.14. The van der Waals surface area contributed by atoms with Gasteiger partial charge in [0.15, 0.2) is 5.96 Å². The highest BCUT2D eigenvalue weighted by atomic mass is 127. The predicted molar refractivity (Wildman–Crippen MR) is 129 cm³/mol. The number of carbonyl (C=O) groups is 1. The van der Waals surface area contributed by atoms with Gasteiger partial charge in [-0.3, -0.25) is 9.79 Å². The van der Waals surface area contributed by atoms with Gasteiger partial charge in [0, 0.05) is 37.8 Å². The number of hydrogen-bond acceptors (Lipinski definition) is 3. The molecule has 0 bridgehead atoms. The lowest BCUT2D eigenvalue weighted by atomic mass is 10.2. The largest absolute Gasteiger partial charge is 0.489 e. The molecule has 0 saturated carbocycles. The molecule has 0 aliphatic heterocycles. The molecule has 2 aromatic rings. The number of rotatable bonds is 10. The summed E-state index contributed by atoms with van der Waals surface area (Å²) in [5.41, 5.74) is 1.72. The minimum atomic E-state index is -0.0563. The minimum absolute atomic E-state index is 0. The van der Waals surface area contributed by atoms with Crippen LogP contribution in [-0.4, -0.2) is 38.6 Å². The Morgan fingerprint density at radius 2 is 1.72 bits per heavy atom. The number of halogens is 1. The van der Waals surface area contributed by atoms with Crippen molar-refractivity contribution >= 4 is 35.8 Å². The highest BCUT2D eigenvalue weighted by Crippen LogP contribution is 2.17. The van der Waals surface area contributed by atoms with Gasteiger partial charge < -0.3 is 20.7 Å².